The Morgan fingerprint density at radius 3 is 2.60 bits per heavy atom. The van der Waals surface area contributed by atoms with Crippen molar-refractivity contribution in [3.05, 3.63) is 28.6 Å². The van der Waals surface area contributed by atoms with E-state index >= 15 is 0 Å². The molecule has 0 saturated heterocycles. The Bertz CT molecular complexity index is 213. The molecule has 0 spiro atoms. The first-order valence-corrected chi connectivity index (χ1v) is 3.05. The fourth-order valence-corrected chi connectivity index (χ4v) is 0.735. The molecule has 1 rings (SSSR count). The van der Waals surface area contributed by atoms with Crippen LogP contribution < -0.4 is 34.3 Å². The van der Waals surface area contributed by atoms with Crippen molar-refractivity contribution in [3.8, 4) is 0 Å². The molecule has 0 radical (unpaired) electrons. The SMILES string of the molecule is [Na+].[O-][n+]1cccc(Cl)c1[S-]. The van der Waals surface area contributed by atoms with E-state index < -0.39 is 0 Å². The van der Waals surface area contributed by atoms with Gasteiger partial charge in [0.15, 0.2) is 6.20 Å². The minimum Gasteiger partial charge on any atom is -0.708 e. The molecule has 0 fully saturated rings. The van der Waals surface area contributed by atoms with Crippen molar-refractivity contribution >= 4 is 24.2 Å². The molecule has 1 aromatic heterocycles. The van der Waals surface area contributed by atoms with Crippen LogP contribution in [0.5, 0.6) is 0 Å². The van der Waals surface area contributed by atoms with Crippen LogP contribution in [0.1, 0.15) is 0 Å². The van der Waals surface area contributed by atoms with Crippen LogP contribution in [0.2, 0.25) is 5.02 Å². The molecule has 0 aromatic carbocycles. The molecule has 2 nitrogen and oxygen atoms in total. The topological polar surface area (TPSA) is 26.9 Å². The van der Waals surface area contributed by atoms with Crippen molar-refractivity contribution in [1.82, 2.24) is 0 Å². The third-order valence-corrected chi connectivity index (χ3v) is 1.69. The van der Waals surface area contributed by atoms with Gasteiger partial charge in [0.1, 0.15) is 0 Å². The van der Waals surface area contributed by atoms with Gasteiger partial charge in [0.2, 0.25) is 0 Å². The Morgan fingerprint density at radius 2 is 2.20 bits per heavy atom. The summed E-state index contributed by atoms with van der Waals surface area (Å²) in [7, 11) is 0. The summed E-state index contributed by atoms with van der Waals surface area (Å²) in [6.45, 7) is 0. The molecule has 1 aromatic rings. The molecule has 0 aliphatic rings. The van der Waals surface area contributed by atoms with Gasteiger partial charge in [0, 0.05) is 6.07 Å². The predicted molar refractivity (Wildman–Crippen MR) is 36.0 cm³/mol. The number of halogens is 1. The van der Waals surface area contributed by atoms with Crippen LogP contribution in [0.25, 0.3) is 0 Å². The van der Waals surface area contributed by atoms with Gasteiger partial charge in [-0.3, -0.25) is 0 Å². The second kappa shape index (κ2) is 4.36. The number of nitrogens with zero attached hydrogens (tertiary/aromatic N) is 1. The molecule has 10 heavy (non-hydrogen) atoms. The van der Waals surface area contributed by atoms with Crippen LogP contribution in [-0.4, -0.2) is 0 Å². The first kappa shape index (κ1) is 10.5. The first-order valence-electron chi connectivity index (χ1n) is 2.26. The van der Waals surface area contributed by atoms with Crippen molar-refractivity contribution in [3.63, 3.8) is 0 Å². The van der Waals surface area contributed by atoms with Gasteiger partial charge in [-0.2, -0.15) is 4.73 Å². The number of hydrogen-bond acceptors (Lipinski definition) is 2. The Hall–Kier alpha value is 0.460. The van der Waals surface area contributed by atoms with E-state index in [1.807, 2.05) is 0 Å². The Kier molecular flexibility index (Phi) is 4.56. The predicted octanol–water partition coefficient (Wildman–Crippen LogP) is -2.12. The van der Waals surface area contributed by atoms with Crippen molar-refractivity contribution in [1.29, 1.82) is 0 Å². The largest absolute Gasteiger partial charge is 1.00 e. The fourth-order valence-electron chi connectivity index (χ4n) is 0.450. The van der Waals surface area contributed by atoms with Gasteiger partial charge >= 0.3 is 29.6 Å². The van der Waals surface area contributed by atoms with Crippen LogP contribution in [0, 0.1) is 5.21 Å². The molecular weight excluding hydrogens is 181 g/mol. The standard InChI is InChI=1S/C5H4ClNOS.Na/c6-4-2-1-3-7(8)5(4)9;/h1-3,9H;/q;+1/p-1. The van der Waals surface area contributed by atoms with Crippen LogP contribution in [0.4, 0.5) is 0 Å². The average molecular weight is 184 g/mol. The Labute approximate surface area is 91.5 Å². The number of hydrogen-bond donors (Lipinski definition) is 0. The van der Waals surface area contributed by atoms with Gasteiger partial charge in [-0.05, 0) is 6.07 Å². The molecule has 5 heteroatoms. The van der Waals surface area contributed by atoms with E-state index in [-0.39, 0.29) is 34.6 Å². The Balaban J connectivity index is 0.000000810. The van der Waals surface area contributed by atoms with E-state index in [1.165, 1.54) is 6.20 Å². The van der Waals surface area contributed by atoms with Crippen LogP contribution in [0.15, 0.2) is 23.4 Å². The van der Waals surface area contributed by atoms with Gasteiger partial charge < -0.3 is 17.8 Å². The smallest absolute Gasteiger partial charge is 0.708 e. The molecule has 0 atom stereocenters. The zero-order valence-corrected chi connectivity index (χ0v) is 8.95. The van der Waals surface area contributed by atoms with Crippen molar-refractivity contribution in [2.75, 3.05) is 0 Å². The molecule has 0 aliphatic carbocycles. The zero-order valence-electron chi connectivity index (χ0n) is 5.37. The summed E-state index contributed by atoms with van der Waals surface area (Å²) in [6, 6.07) is 3.13. The van der Waals surface area contributed by atoms with Gasteiger partial charge in [-0.1, -0.05) is 11.6 Å². The molecule has 0 aliphatic heterocycles. The average Bonchev–Trinajstić information content (AvgIpc) is 1.83. The van der Waals surface area contributed by atoms with E-state index in [1.54, 1.807) is 12.1 Å². The summed E-state index contributed by atoms with van der Waals surface area (Å²) < 4.78 is 0.553. The summed E-state index contributed by atoms with van der Waals surface area (Å²) in [6.07, 6.45) is 1.31. The molecule has 1 heterocycles. The number of aromatic nitrogens is 1. The molecule has 0 N–H and O–H groups in total. The molecule has 0 bridgehead atoms. The third kappa shape index (κ3) is 2.25. The van der Waals surface area contributed by atoms with E-state index in [4.69, 9.17) is 11.6 Å². The summed E-state index contributed by atoms with van der Waals surface area (Å²) >= 11 is 10.1. The summed E-state index contributed by atoms with van der Waals surface area (Å²) in [4.78, 5) is 0. The van der Waals surface area contributed by atoms with Crippen molar-refractivity contribution in [2.24, 2.45) is 0 Å². The van der Waals surface area contributed by atoms with Crippen LogP contribution in [0.3, 0.4) is 0 Å². The van der Waals surface area contributed by atoms with E-state index in [0.717, 1.165) is 0 Å². The summed E-state index contributed by atoms with van der Waals surface area (Å²) in [5, 5.41) is 11.0. The third-order valence-electron chi connectivity index (χ3n) is 0.868. The maximum Gasteiger partial charge on any atom is 1.00 e. The monoisotopic (exact) mass is 183 g/mol. The van der Waals surface area contributed by atoms with Crippen LogP contribution in [-0.2, 0) is 12.6 Å². The summed E-state index contributed by atoms with van der Waals surface area (Å²) in [5.41, 5.74) is 0. The summed E-state index contributed by atoms with van der Waals surface area (Å²) in [5.74, 6) is 0. The van der Waals surface area contributed by atoms with Crippen LogP contribution >= 0.6 is 11.6 Å². The first-order chi connectivity index (χ1) is 4.22. The van der Waals surface area contributed by atoms with Gasteiger partial charge in [-0.15, -0.1) is 0 Å². The quantitative estimate of drug-likeness (QED) is 0.199. The van der Waals surface area contributed by atoms with E-state index in [2.05, 4.69) is 12.6 Å². The zero-order chi connectivity index (χ0) is 6.85. The Morgan fingerprint density at radius 1 is 1.60 bits per heavy atom. The second-order valence-corrected chi connectivity index (χ2v) is 2.28. The normalized spacial score (nSPS) is 8.50. The van der Waals surface area contributed by atoms with Gasteiger partial charge in [-0.25, -0.2) is 0 Å². The molecule has 48 valence electrons. The van der Waals surface area contributed by atoms with Crippen molar-refractivity contribution < 1.29 is 34.3 Å². The molecule has 0 unspecified atom stereocenters. The molecular formula is C5H3ClNNaOS. The van der Waals surface area contributed by atoms with Gasteiger partial charge in [0.25, 0.3) is 0 Å². The second-order valence-electron chi connectivity index (χ2n) is 1.49. The molecule has 0 saturated carbocycles. The minimum atomic E-state index is 0. The van der Waals surface area contributed by atoms with Gasteiger partial charge in [0.05, 0.1) is 10.0 Å². The fraction of sp³-hybridized carbons (Fsp3) is 0. The number of rotatable bonds is 0. The maximum atomic E-state index is 10.6. The molecule has 0 amide bonds. The van der Waals surface area contributed by atoms with E-state index in [0.29, 0.717) is 9.75 Å². The number of pyridine rings is 1. The maximum absolute atomic E-state index is 10.6. The minimum absolute atomic E-state index is 0. The van der Waals surface area contributed by atoms with E-state index in [9.17, 15) is 5.21 Å². The van der Waals surface area contributed by atoms with Crippen molar-refractivity contribution in [2.45, 2.75) is 5.03 Å².